The Balaban J connectivity index is 1.94. The third-order valence-corrected chi connectivity index (χ3v) is 3.85. The average Bonchev–Trinajstić information content (AvgIpc) is 2.74. The van der Waals surface area contributed by atoms with E-state index in [0.29, 0.717) is 18.6 Å². The highest BCUT2D eigenvalue weighted by molar-refractivity contribution is 7.07. The first-order chi connectivity index (χ1) is 7.29. The van der Waals surface area contributed by atoms with Crippen LogP contribution in [-0.2, 0) is 6.54 Å². The number of piperidine rings is 1. The van der Waals surface area contributed by atoms with Crippen LogP contribution in [0.3, 0.4) is 0 Å². The van der Waals surface area contributed by atoms with Gasteiger partial charge in [-0.15, -0.1) is 11.3 Å². The number of hydrogen-bond acceptors (Lipinski definition) is 4. The molecule has 0 saturated carbocycles. The van der Waals surface area contributed by atoms with Gasteiger partial charge in [-0.05, 0) is 25.7 Å². The van der Waals surface area contributed by atoms with Crippen LogP contribution in [0.2, 0.25) is 0 Å². The topological polar surface area (TPSA) is 36.4 Å². The zero-order valence-corrected chi connectivity index (χ0v) is 9.91. The molecule has 0 bridgehead atoms. The predicted molar refractivity (Wildman–Crippen MR) is 61.8 cm³/mol. The van der Waals surface area contributed by atoms with Gasteiger partial charge in [0, 0.05) is 31.1 Å². The lowest BCUT2D eigenvalue weighted by Gasteiger charge is -2.36. The molecule has 1 aliphatic rings. The molecule has 0 radical (unpaired) electrons. The van der Waals surface area contributed by atoms with Crippen molar-refractivity contribution in [1.29, 1.82) is 0 Å². The van der Waals surface area contributed by atoms with Crippen LogP contribution in [0.5, 0.6) is 0 Å². The van der Waals surface area contributed by atoms with Gasteiger partial charge in [0.05, 0.1) is 11.2 Å². The van der Waals surface area contributed by atoms with Crippen molar-refractivity contribution in [3.63, 3.8) is 0 Å². The van der Waals surface area contributed by atoms with Crippen molar-refractivity contribution in [2.45, 2.75) is 32.4 Å². The SMILES string of the molecule is CC1CCC(CO)CN1Cc1cscn1. The van der Waals surface area contributed by atoms with E-state index >= 15 is 0 Å². The van der Waals surface area contributed by atoms with E-state index in [0.717, 1.165) is 25.2 Å². The van der Waals surface area contributed by atoms with Crippen molar-refractivity contribution < 1.29 is 5.11 Å². The molecule has 0 aromatic carbocycles. The first-order valence-electron chi connectivity index (χ1n) is 5.51. The van der Waals surface area contributed by atoms with Crippen molar-refractivity contribution in [1.82, 2.24) is 9.88 Å². The van der Waals surface area contributed by atoms with Crippen LogP contribution in [0.4, 0.5) is 0 Å². The van der Waals surface area contributed by atoms with Crippen molar-refractivity contribution in [3.8, 4) is 0 Å². The fourth-order valence-electron chi connectivity index (χ4n) is 2.16. The molecule has 1 N–H and O–H groups in total. The van der Waals surface area contributed by atoms with Crippen molar-refractivity contribution >= 4 is 11.3 Å². The minimum absolute atomic E-state index is 0.320. The Kier molecular flexibility index (Phi) is 3.72. The molecule has 2 unspecified atom stereocenters. The Hall–Kier alpha value is -0.450. The summed E-state index contributed by atoms with van der Waals surface area (Å²) < 4.78 is 0. The third-order valence-electron chi connectivity index (χ3n) is 3.22. The Morgan fingerprint density at radius 2 is 2.47 bits per heavy atom. The van der Waals surface area contributed by atoms with Gasteiger partial charge >= 0.3 is 0 Å². The van der Waals surface area contributed by atoms with Gasteiger partial charge in [0.1, 0.15) is 0 Å². The van der Waals surface area contributed by atoms with Crippen molar-refractivity contribution in [2.24, 2.45) is 5.92 Å². The smallest absolute Gasteiger partial charge is 0.0795 e. The van der Waals surface area contributed by atoms with E-state index in [9.17, 15) is 5.11 Å². The van der Waals surface area contributed by atoms with E-state index in [1.54, 1.807) is 11.3 Å². The summed E-state index contributed by atoms with van der Waals surface area (Å²) in [5.41, 5.74) is 3.04. The number of hydrogen-bond donors (Lipinski definition) is 1. The molecule has 2 atom stereocenters. The van der Waals surface area contributed by atoms with Gasteiger partial charge in [0.2, 0.25) is 0 Å². The number of thiazole rings is 1. The molecular weight excluding hydrogens is 208 g/mol. The molecule has 1 aromatic rings. The van der Waals surface area contributed by atoms with Gasteiger partial charge in [-0.3, -0.25) is 4.90 Å². The number of aliphatic hydroxyl groups excluding tert-OH is 1. The average molecular weight is 226 g/mol. The maximum Gasteiger partial charge on any atom is 0.0795 e. The molecule has 1 aliphatic heterocycles. The van der Waals surface area contributed by atoms with Crippen LogP contribution < -0.4 is 0 Å². The van der Waals surface area contributed by atoms with Gasteiger partial charge in [-0.1, -0.05) is 0 Å². The van der Waals surface area contributed by atoms with Crippen LogP contribution in [0.25, 0.3) is 0 Å². The summed E-state index contributed by atoms with van der Waals surface area (Å²) in [4.78, 5) is 6.74. The Labute approximate surface area is 94.8 Å². The van der Waals surface area contributed by atoms with Gasteiger partial charge in [-0.25, -0.2) is 4.98 Å². The Bertz CT molecular complexity index is 289. The zero-order chi connectivity index (χ0) is 10.7. The van der Waals surface area contributed by atoms with Crippen molar-refractivity contribution in [2.75, 3.05) is 13.2 Å². The maximum absolute atomic E-state index is 9.18. The minimum atomic E-state index is 0.320. The van der Waals surface area contributed by atoms with E-state index < -0.39 is 0 Å². The summed E-state index contributed by atoms with van der Waals surface area (Å²) in [6, 6.07) is 0.620. The molecule has 0 amide bonds. The summed E-state index contributed by atoms with van der Waals surface area (Å²) in [7, 11) is 0. The zero-order valence-electron chi connectivity index (χ0n) is 9.09. The van der Waals surface area contributed by atoms with E-state index in [-0.39, 0.29) is 0 Å². The molecule has 2 rings (SSSR count). The van der Waals surface area contributed by atoms with Gasteiger partial charge < -0.3 is 5.11 Å². The lowest BCUT2D eigenvalue weighted by atomic mass is 9.94. The summed E-state index contributed by atoms with van der Waals surface area (Å²) in [6.45, 7) is 4.52. The molecular formula is C11H18N2OS. The van der Waals surface area contributed by atoms with Crippen LogP contribution in [0, 0.1) is 5.92 Å². The molecule has 1 aromatic heterocycles. The van der Waals surface area contributed by atoms with Crippen LogP contribution in [-0.4, -0.2) is 34.2 Å². The fraction of sp³-hybridized carbons (Fsp3) is 0.727. The molecule has 4 heteroatoms. The minimum Gasteiger partial charge on any atom is -0.396 e. The summed E-state index contributed by atoms with van der Waals surface area (Å²) >= 11 is 1.65. The van der Waals surface area contributed by atoms with E-state index in [1.807, 2.05) is 5.51 Å². The normalized spacial score (nSPS) is 28.1. The molecule has 0 aliphatic carbocycles. The molecule has 1 saturated heterocycles. The fourth-order valence-corrected chi connectivity index (χ4v) is 2.71. The first kappa shape index (κ1) is 11.0. The number of aromatic nitrogens is 1. The second-order valence-corrected chi connectivity index (χ2v) is 5.10. The summed E-state index contributed by atoms with van der Waals surface area (Å²) in [5, 5.41) is 11.3. The highest BCUT2D eigenvalue weighted by Crippen LogP contribution is 2.23. The number of rotatable bonds is 3. The van der Waals surface area contributed by atoms with Crippen molar-refractivity contribution in [3.05, 3.63) is 16.6 Å². The highest BCUT2D eigenvalue weighted by Gasteiger charge is 2.25. The largest absolute Gasteiger partial charge is 0.396 e. The molecule has 1 fully saturated rings. The second-order valence-electron chi connectivity index (χ2n) is 4.38. The summed E-state index contributed by atoms with van der Waals surface area (Å²) in [6.07, 6.45) is 2.35. The monoisotopic (exact) mass is 226 g/mol. The van der Waals surface area contributed by atoms with E-state index in [1.165, 1.54) is 6.42 Å². The molecule has 0 spiro atoms. The maximum atomic E-state index is 9.18. The Morgan fingerprint density at radius 3 is 3.13 bits per heavy atom. The van der Waals surface area contributed by atoms with Crippen LogP contribution in [0.15, 0.2) is 10.9 Å². The lowest BCUT2D eigenvalue weighted by Crippen LogP contribution is -2.42. The first-order valence-corrected chi connectivity index (χ1v) is 6.46. The lowest BCUT2D eigenvalue weighted by molar-refractivity contribution is 0.0763. The number of nitrogens with zero attached hydrogens (tertiary/aromatic N) is 2. The van der Waals surface area contributed by atoms with Gasteiger partial charge in [-0.2, -0.15) is 0 Å². The molecule has 84 valence electrons. The summed E-state index contributed by atoms with van der Waals surface area (Å²) in [5.74, 6) is 0.458. The van der Waals surface area contributed by atoms with E-state index in [4.69, 9.17) is 0 Å². The van der Waals surface area contributed by atoms with Crippen LogP contribution in [0.1, 0.15) is 25.5 Å². The quantitative estimate of drug-likeness (QED) is 0.853. The number of aliphatic hydroxyl groups is 1. The second kappa shape index (κ2) is 5.05. The third kappa shape index (κ3) is 2.77. The molecule has 2 heterocycles. The molecule has 15 heavy (non-hydrogen) atoms. The Morgan fingerprint density at radius 1 is 1.60 bits per heavy atom. The van der Waals surface area contributed by atoms with Gasteiger partial charge in [0.15, 0.2) is 0 Å². The highest BCUT2D eigenvalue weighted by atomic mass is 32.1. The van der Waals surface area contributed by atoms with Gasteiger partial charge in [0.25, 0.3) is 0 Å². The van der Waals surface area contributed by atoms with Crippen LogP contribution >= 0.6 is 11.3 Å². The standard InChI is InChI=1S/C11H18N2OS/c1-9-2-3-10(6-14)4-13(9)5-11-7-15-8-12-11/h7-10,14H,2-6H2,1H3. The number of likely N-dealkylation sites (tertiary alicyclic amines) is 1. The predicted octanol–water partition coefficient (Wildman–Crippen LogP) is 1.74. The molecule has 3 nitrogen and oxygen atoms in total. The van der Waals surface area contributed by atoms with E-state index in [2.05, 4.69) is 22.2 Å².